The fourth-order valence-electron chi connectivity index (χ4n) is 2.94. The second kappa shape index (κ2) is 6.88. The molecule has 2 aromatic heterocycles. The fraction of sp³-hybridized carbons (Fsp3) is 0.158. The van der Waals surface area contributed by atoms with Crippen molar-refractivity contribution in [2.45, 2.75) is 17.3 Å². The molecule has 0 saturated carbocycles. The Kier molecular flexibility index (Phi) is 4.41. The zero-order valence-corrected chi connectivity index (χ0v) is 15.5. The highest BCUT2D eigenvalue weighted by Crippen LogP contribution is 2.26. The molecule has 8 heteroatoms. The molecule has 0 aliphatic rings. The third kappa shape index (κ3) is 2.87. The van der Waals surface area contributed by atoms with Crippen LogP contribution in [0.3, 0.4) is 0 Å². The number of rotatable bonds is 4. The SMILES string of the molecule is COC(=O)[C@@H](C)Sc1nnc2n(-c3ccccc3)c(=O)c3ccccc3n12. The van der Waals surface area contributed by atoms with Gasteiger partial charge in [-0.25, -0.2) is 4.57 Å². The number of benzene rings is 2. The van der Waals surface area contributed by atoms with Crippen molar-refractivity contribution >= 4 is 34.4 Å². The van der Waals surface area contributed by atoms with E-state index in [4.69, 9.17) is 4.74 Å². The van der Waals surface area contributed by atoms with E-state index in [1.807, 2.05) is 48.5 Å². The lowest BCUT2D eigenvalue weighted by Crippen LogP contribution is -2.22. The van der Waals surface area contributed by atoms with Crippen LogP contribution in [0.15, 0.2) is 64.5 Å². The van der Waals surface area contributed by atoms with Crippen LogP contribution < -0.4 is 5.56 Å². The highest BCUT2D eigenvalue weighted by molar-refractivity contribution is 8.00. The number of carbonyl (C=O) groups excluding carboxylic acids is 1. The van der Waals surface area contributed by atoms with E-state index in [-0.39, 0.29) is 11.5 Å². The van der Waals surface area contributed by atoms with Crippen LogP contribution in [0.2, 0.25) is 0 Å². The van der Waals surface area contributed by atoms with Crippen molar-refractivity contribution < 1.29 is 9.53 Å². The summed E-state index contributed by atoms with van der Waals surface area (Å²) in [6.07, 6.45) is 0. The molecule has 4 aromatic rings. The van der Waals surface area contributed by atoms with Crippen molar-refractivity contribution in [2.24, 2.45) is 0 Å². The third-order valence-corrected chi connectivity index (χ3v) is 5.25. The van der Waals surface area contributed by atoms with Gasteiger partial charge in [0, 0.05) is 0 Å². The Labute approximate surface area is 158 Å². The monoisotopic (exact) mass is 380 g/mol. The summed E-state index contributed by atoms with van der Waals surface area (Å²) in [6, 6.07) is 16.6. The Morgan fingerprint density at radius 2 is 1.78 bits per heavy atom. The number of esters is 1. The highest BCUT2D eigenvalue weighted by Gasteiger charge is 2.22. The van der Waals surface area contributed by atoms with Crippen LogP contribution in [0, 0.1) is 0 Å². The van der Waals surface area contributed by atoms with Gasteiger partial charge in [-0.1, -0.05) is 42.1 Å². The first-order chi connectivity index (χ1) is 13.1. The maximum Gasteiger partial charge on any atom is 0.318 e. The number of aromatic nitrogens is 4. The topological polar surface area (TPSA) is 78.5 Å². The summed E-state index contributed by atoms with van der Waals surface area (Å²) in [5.41, 5.74) is 1.21. The number of hydrogen-bond donors (Lipinski definition) is 0. The summed E-state index contributed by atoms with van der Waals surface area (Å²) in [5, 5.41) is 9.09. The van der Waals surface area contributed by atoms with Gasteiger partial charge in [0.1, 0.15) is 5.25 Å². The van der Waals surface area contributed by atoms with Gasteiger partial charge in [-0.05, 0) is 31.2 Å². The molecule has 0 radical (unpaired) electrons. The van der Waals surface area contributed by atoms with E-state index in [9.17, 15) is 9.59 Å². The van der Waals surface area contributed by atoms with Gasteiger partial charge in [0.15, 0.2) is 5.16 Å². The van der Waals surface area contributed by atoms with Crippen LogP contribution in [-0.4, -0.2) is 37.5 Å². The average molecular weight is 380 g/mol. The number of para-hydroxylation sites is 2. The van der Waals surface area contributed by atoms with E-state index in [0.717, 1.165) is 0 Å². The van der Waals surface area contributed by atoms with E-state index in [1.165, 1.54) is 23.4 Å². The van der Waals surface area contributed by atoms with Gasteiger partial charge in [0.05, 0.1) is 23.7 Å². The molecule has 0 spiro atoms. The minimum atomic E-state index is -0.460. The first-order valence-corrected chi connectivity index (χ1v) is 9.18. The van der Waals surface area contributed by atoms with Crippen molar-refractivity contribution in [3.8, 4) is 5.69 Å². The molecule has 27 heavy (non-hydrogen) atoms. The minimum Gasteiger partial charge on any atom is -0.468 e. The molecule has 0 unspecified atom stereocenters. The van der Waals surface area contributed by atoms with Crippen LogP contribution in [-0.2, 0) is 9.53 Å². The number of ether oxygens (including phenoxy) is 1. The normalized spacial score (nSPS) is 12.4. The molecule has 0 amide bonds. The lowest BCUT2D eigenvalue weighted by molar-refractivity contribution is -0.139. The molecular formula is C19H16N4O3S. The quantitative estimate of drug-likeness (QED) is 0.400. The van der Waals surface area contributed by atoms with E-state index in [1.54, 1.807) is 17.4 Å². The maximum absolute atomic E-state index is 13.1. The van der Waals surface area contributed by atoms with E-state index >= 15 is 0 Å². The second-order valence-electron chi connectivity index (χ2n) is 5.89. The van der Waals surface area contributed by atoms with Gasteiger partial charge < -0.3 is 4.74 Å². The largest absolute Gasteiger partial charge is 0.468 e. The number of carbonyl (C=O) groups is 1. The molecule has 0 saturated heterocycles. The van der Waals surface area contributed by atoms with Gasteiger partial charge in [-0.2, -0.15) is 0 Å². The van der Waals surface area contributed by atoms with Crippen molar-refractivity contribution in [1.82, 2.24) is 19.2 Å². The van der Waals surface area contributed by atoms with Gasteiger partial charge in [0.2, 0.25) is 5.78 Å². The number of nitrogens with zero attached hydrogens (tertiary/aromatic N) is 4. The van der Waals surface area contributed by atoms with Crippen LogP contribution in [0.5, 0.6) is 0 Å². The molecule has 0 bridgehead atoms. The predicted molar refractivity (Wildman–Crippen MR) is 103 cm³/mol. The van der Waals surface area contributed by atoms with Crippen molar-refractivity contribution in [2.75, 3.05) is 7.11 Å². The number of fused-ring (bicyclic) bond motifs is 3. The maximum atomic E-state index is 13.1. The summed E-state index contributed by atoms with van der Waals surface area (Å²) in [4.78, 5) is 25.0. The van der Waals surface area contributed by atoms with Crippen molar-refractivity contribution in [1.29, 1.82) is 0 Å². The Morgan fingerprint density at radius 3 is 2.52 bits per heavy atom. The lowest BCUT2D eigenvalue weighted by atomic mass is 10.2. The van der Waals surface area contributed by atoms with Gasteiger partial charge in [-0.15, -0.1) is 10.2 Å². The van der Waals surface area contributed by atoms with E-state index in [2.05, 4.69) is 10.2 Å². The van der Waals surface area contributed by atoms with Crippen LogP contribution in [0.25, 0.3) is 22.4 Å². The Morgan fingerprint density at radius 1 is 1.07 bits per heavy atom. The van der Waals surface area contributed by atoms with E-state index in [0.29, 0.717) is 27.5 Å². The molecule has 0 N–H and O–H groups in total. The fourth-order valence-corrected chi connectivity index (χ4v) is 3.82. The number of hydrogen-bond acceptors (Lipinski definition) is 6. The molecule has 4 rings (SSSR count). The Hall–Kier alpha value is -3.13. The van der Waals surface area contributed by atoms with Crippen LogP contribution in [0.4, 0.5) is 0 Å². The first kappa shape index (κ1) is 17.3. The second-order valence-corrected chi connectivity index (χ2v) is 7.20. The number of thioether (sulfide) groups is 1. The standard InChI is InChI=1S/C19H16N4O3S/c1-12(17(25)26-2)27-19-21-20-18-22(13-8-4-3-5-9-13)16(24)14-10-6-7-11-15(14)23(18)19/h3-12H,1-2H3/t12-/m1/s1. The number of methoxy groups -OCH3 is 1. The van der Waals surface area contributed by atoms with Gasteiger partial charge in [-0.3, -0.25) is 14.0 Å². The smallest absolute Gasteiger partial charge is 0.318 e. The molecule has 2 aromatic carbocycles. The van der Waals surface area contributed by atoms with Gasteiger partial charge in [0.25, 0.3) is 5.56 Å². The summed E-state index contributed by atoms with van der Waals surface area (Å²) in [7, 11) is 1.35. The van der Waals surface area contributed by atoms with Crippen LogP contribution >= 0.6 is 11.8 Å². The molecular weight excluding hydrogens is 364 g/mol. The van der Waals surface area contributed by atoms with Gasteiger partial charge >= 0.3 is 5.97 Å². The lowest BCUT2D eigenvalue weighted by Gasteiger charge is -2.12. The summed E-state index contributed by atoms with van der Waals surface area (Å²) >= 11 is 1.24. The summed E-state index contributed by atoms with van der Waals surface area (Å²) in [5.74, 6) is 0.0434. The van der Waals surface area contributed by atoms with E-state index < -0.39 is 5.25 Å². The first-order valence-electron chi connectivity index (χ1n) is 8.30. The van der Waals surface area contributed by atoms with Crippen molar-refractivity contribution in [3.05, 3.63) is 65.0 Å². The van der Waals surface area contributed by atoms with Crippen molar-refractivity contribution in [3.63, 3.8) is 0 Å². The molecule has 2 heterocycles. The molecule has 0 fully saturated rings. The third-order valence-electron chi connectivity index (χ3n) is 4.22. The molecule has 7 nitrogen and oxygen atoms in total. The van der Waals surface area contributed by atoms with Crippen LogP contribution in [0.1, 0.15) is 6.92 Å². The zero-order chi connectivity index (χ0) is 19.0. The molecule has 0 aliphatic heterocycles. The Bertz CT molecular complexity index is 1200. The molecule has 1 atom stereocenters. The summed E-state index contributed by atoms with van der Waals surface area (Å²) < 4.78 is 8.13. The minimum absolute atomic E-state index is 0.172. The zero-order valence-electron chi connectivity index (χ0n) is 14.7. The Balaban J connectivity index is 2.04. The molecule has 136 valence electrons. The molecule has 0 aliphatic carbocycles. The predicted octanol–water partition coefficient (Wildman–Crippen LogP) is 2.69. The average Bonchev–Trinajstić information content (AvgIpc) is 3.11. The summed E-state index contributed by atoms with van der Waals surface area (Å²) in [6.45, 7) is 1.74. The highest BCUT2D eigenvalue weighted by atomic mass is 32.2.